The first-order valence-electron chi connectivity index (χ1n) is 11.4. The van der Waals surface area contributed by atoms with Gasteiger partial charge in [-0.2, -0.15) is 0 Å². The molecule has 4 atom stereocenters. The van der Waals surface area contributed by atoms with Crippen LogP contribution in [0.4, 0.5) is 5.69 Å². The van der Waals surface area contributed by atoms with E-state index in [0.717, 1.165) is 17.7 Å². The second-order valence-corrected chi connectivity index (χ2v) is 10.8. The van der Waals surface area contributed by atoms with Crippen LogP contribution in [0, 0.1) is 11.8 Å². The van der Waals surface area contributed by atoms with Crippen molar-refractivity contribution in [1.82, 2.24) is 9.62 Å². The van der Waals surface area contributed by atoms with Gasteiger partial charge in [0.05, 0.1) is 16.7 Å². The van der Waals surface area contributed by atoms with E-state index in [1.165, 1.54) is 38.1 Å². The van der Waals surface area contributed by atoms with E-state index in [2.05, 4.69) is 10.0 Å². The monoisotopic (exact) mass is 493 g/mol. The minimum absolute atomic E-state index is 0.0491. The zero-order valence-electron chi connectivity index (χ0n) is 19.7. The highest BCUT2D eigenvalue weighted by Gasteiger charge is 2.51. The molecule has 1 aliphatic carbocycles. The van der Waals surface area contributed by atoms with Crippen molar-refractivity contribution in [2.75, 3.05) is 5.32 Å². The van der Waals surface area contributed by atoms with Gasteiger partial charge < -0.3 is 10.1 Å². The first-order valence-corrected chi connectivity index (χ1v) is 12.9. The molecule has 2 N–H and O–H groups in total. The molecule has 1 heterocycles. The number of sulfonamides is 1. The van der Waals surface area contributed by atoms with Crippen LogP contribution >= 0.6 is 0 Å². The van der Waals surface area contributed by atoms with Crippen LogP contribution in [0.2, 0.25) is 0 Å². The number of likely N-dealkylation sites (tertiary alicyclic amines) is 1. The van der Waals surface area contributed by atoms with Gasteiger partial charge in [0.2, 0.25) is 21.8 Å². The molecule has 1 aliphatic heterocycles. The summed E-state index contributed by atoms with van der Waals surface area (Å²) in [6.45, 7) is 6.21. The van der Waals surface area contributed by atoms with Crippen molar-refractivity contribution in [3.05, 3.63) is 24.3 Å². The van der Waals surface area contributed by atoms with Crippen LogP contribution in [-0.2, 0) is 33.9 Å². The summed E-state index contributed by atoms with van der Waals surface area (Å²) in [5.41, 5.74) is 0.318. The molecule has 34 heavy (non-hydrogen) atoms. The average molecular weight is 494 g/mol. The predicted octanol–water partition coefficient (Wildman–Crippen LogP) is 1.81. The Kier molecular flexibility index (Phi) is 7.77. The molecule has 2 aliphatic rings. The van der Waals surface area contributed by atoms with Gasteiger partial charge in [0, 0.05) is 11.7 Å². The number of esters is 1. The van der Waals surface area contributed by atoms with Crippen LogP contribution < -0.4 is 10.0 Å². The van der Waals surface area contributed by atoms with Crippen molar-refractivity contribution >= 4 is 39.4 Å². The number of rotatable bonds is 8. The fourth-order valence-electron chi connectivity index (χ4n) is 4.34. The van der Waals surface area contributed by atoms with Gasteiger partial charge in [0.15, 0.2) is 6.10 Å². The van der Waals surface area contributed by atoms with Crippen LogP contribution in [0.25, 0.3) is 0 Å². The Balaban J connectivity index is 1.58. The molecule has 0 unspecified atom stereocenters. The summed E-state index contributed by atoms with van der Waals surface area (Å²) in [5, 5.41) is 2.55. The third-order valence-corrected chi connectivity index (χ3v) is 7.76. The number of imide groups is 1. The molecule has 1 saturated carbocycles. The number of fused-ring (bicyclic) bond motifs is 1. The standard InChI is InChI=1S/C23H31N3O7S/c1-13(2)25-34(31,32)17-11-9-16(10-12-17)24-20(27)15(4)33-23(30)14(3)26-21(28)18-7-5-6-8-19(18)22(26)29/h9-15,18-19,25H,5-8H2,1-4H3,(H,24,27)/t14-,15+,18-,19+/m1/s1. The Morgan fingerprint density at radius 1 is 0.971 bits per heavy atom. The SMILES string of the molecule is CC(C)NS(=O)(=O)c1ccc(NC(=O)[C@H](C)OC(=O)[C@@H](C)N2C(=O)[C@H]3CCCC[C@H]3C2=O)cc1. The summed E-state index contributed by atoms with van der Waals surface area (Å²) < 4.78 is 32.1. The predicted molar refractivity (Wildman–Crippen MR) is 123 cm³/mol. The smallest absolute Gasteiger partial charge is 0.329 e. The highest BCUT2D eigenvalue weighted by molar-refractivity contribution is 7.89. The zero-order valence-corrected chi connectivity index (χ0v) is 20.6. The van der Waals surface area contributed by atoms with Crippen LogP contribution in [0.15, 0.2) is 29.2 Å². The van der Waals surface area contributed by atoms with Crippen LogP contribution in [-0.4, -0.2) is 55.2 Å². The number of benzene rings is 1. The lowest BCUT2D eigenvalue weighted by atomic mass is 9.81. The summed E-state index contributed by atoms with van der Waals surface area (Å²) in [6, 6.07) is 4.16. The molecule has 1 saturated heterocycles. The fourth-order valence-corrected chi connectivity index (χ4v) is 5.59. The fraction of sp³-hybridized carbons (Fsp3) is 0.565. The molecule has 10 nitrogen and oxygen atoms in total. The Labute approximate surface area is 199 Å². The van der Waals surface area contributed by atoms with Gasteiger partial charge >= 0.3 is 5.97 Å². The summed E-state index contributed by atoms with van der Waals surface area (Å²) in [5.74, 6) is -2.93. The molecule has 2 fully saturated rings. The second-order valence-electron chi connectivity index (χ2n) is 9.09. The van der Waals surface area contributed by atoms with Crippen molar-refractivity contribution in [2.45, 2.75) is 76.5 Å². The van der Waals surface area contributed by atoms with Gasteiger partial charge in [-0.1, -0.05) is 12.8 Å². The molecule has 0 aromatic heterocycles. The number of anilines is 1. The van der Waals surface area contributed by atoms with Crippen molar-refractivity contribution in [3.8, 4) is 0 Å². The lowest BCUT2D eigenvalue weighted by Crippen LogP contribution is -2.46. The zero-order chi connectivity index (χ0) is 25.2. The van der Waals surface area contributed by atoms with E-state index < -0.39 is 34.0 Å². The number of nitrogens with one attached hydrogen (secondary N) is 2. The molecule has 3 rings (SSSR count). The normalized spacial score (nSPS) is 22.3. The summed E-state index contributed by atoms with van der Waals surface area (Å²) in [4.78, 5) is 51.5. The summed E-state index contributed by atoms with van der Waals surface area (Å²) in [7, 11) is -3.66. The Morgan fingerprint density at radius 2 is 1.50 bits per heavy atom. The van der Waals surface area contributed by atoms with Gasteiger partial charge in [-0.25, -0.2) is 17.9 Å². The van der Waals surface area contributed by atoms with E-state index in [0.29, 0.717) is 18.5 Å². The number of nitrogens with zero attached hydrogens (tertiary/aromatic N) is 1. The molecule has 186 valence electrons. The number of hydrogen-bond acceptors (Lipinski definition) is 7. The maximum atomic E-state index is 12.7. The first-order chi connectivity index (χ1) is 15.9. The van der Waals surface area contributed by atoms with Gasteiger partial charge in [-0.15, -0.1) is 0 Å². The van der Waals surface area contributed by atoms with Crippen molar-refractivity contribution in [2.24, 2.45) is 11.8 Å². The third kappa shape index (κ3) is 5.47. The topological polar surface area (TPSA) is 139 Å². The molecule has 0 spiro atoms. The van der Waals surface area contributed by atoms with Gasteiger partial charge in [0.25, 0.3) is 5.91 Å². The highest BCUT2D eigenvalue weighted by Crippen LogP contribution is 2.39. The number of carbonyl (C=O) groups excluding carboxylic acids is 4. The minimum atomic E-state index is -3.66. The highest BCUT2D eigenvalue weighted by atomic mass is 32.2. The maximum absolute atomic E-state index is 12.7. The minimum Gasteiger partial charge on any atom is -0.451 e. The largest absolute Gasteiger partial charge is 0.451 e. The van der Waals surface area contributed by atoms with Gasteiger partial charge in [-0.05, 0) is 64.8 Å². The summed E-state index contributed by atoms with van der Waals surface area (Å²) >= 11 is 0. The van der Waals surface area contributed by atoms with Gasteiger partial charge in [0.1, 0.15) is 6.04 Å². The summed E-state index contributed by atoms with van der Waals surface area (Å²) in [6.07, 6.45) is 1.84. The van der Waals surface area contributed by atoms with E-state index in [1.807, 2.05) is 0 Å². The Hall–Kier alpha value is -2.79. The van der Waals surface area contributed by atoms with Crippen LogP contribution in [0.3, 0.4) is 0 Å². The lowest BCUT2D eigenvalue weighted by Gasteiger charge is -2.23. The number of ether oxygens (including phenoxy) is 1. The van der Waals surface area contributed by atoms with Gasteiger partial charge in [-0.3, -0.25) is 19.3 Å². The molecular weight excluding hydrogens is 462 g/mol. The second kappa shape index (κ2) is 10.2. The van der Waals surface area contributed by atoms with E-state index in [-0.39, 0.29) is 34.6 Å². The Bertz CT molecular complexity index is 1040. The molecule has 0 bridgehead atoms. The van der Waals surface area contributed by atoms with E-state index in [4.69, 9.17) is 4.74 Å². The number of amides is 3. The van der Waals surface area contributed by atoms with Crippen LogP contribution in [0.1, 0.15) is 53.4 Å². The molecular formula is C23H31N3O7S. The van der Waals surface area contributed by atoms with E-state index in [1.54, 1.807) is 13.8 Å². The number of carbonyl (C=O) groups is 4. The van der Waals surface area contributed by atoms with Crippen molar-refractivity contribution in [3.63, 3.8) is 0 Å². The van der Waals surface area contributed by atoms with E-state index >= 15 is 0 Å². The van der Waals surface area contributed by atoms with Crippen LogP contribution in [0.5, 0.6) is 0 Å². The molecule has 3 amide bonds. The lowest BCUT2D eigenvalue weighted by molar-refractivity contribution is -0.163. The Morgan fingerprint density at radius 3 is 2.00 bits per heavy atom. The first kappa shape index (κ1) is 25.8. The number of hydrogen-bond donors (Lipinski definition) is 2. The quantitative estimate of drug-likeness (QED) is 0.416. The van der Waals surface area contributed by atoms with Crippen molar-refractivity contribution < 1.29 is 32.3 Å². The third-order valence-electron chi connectivity index (χ3n) is 6.09. The molecule has 1 aromatic carbocycles. The molecule has 0 radical (unpaired) electrons. The van der Waals surface area contributed by atoms with E-state index in [9.17, 15) is 27.6 Å². The van der Waals surface area contributed by atoms with Crippen molar-refractivity contribution in [1.29, 1.82) is 0 Å². The average Bonchev–Trinajstić information content (AvgIpc) is 3.03. The molecule has 11 heteroatoms. The molecule has 1 aromatic rings. The maximum Gasteiger partial charge on any atom is 0.329 e.